The van der Waals surface area contributed by atoms with Crippen molar-refractivity contribution in [1.82, 2.24) is 5.32 Å². The maximum Gasteiger partial charge on any atom is 0.157 e. The van der Waals surface area contributed by atoms with E-state index in [0.717, 1.165) is 5.75 Å². The topological polar surface area (TPSA) is 24.4 Å². The van der Waals surface area contributed by atoms with Gasteiger partial charge in [-0.15, -0.1) is 0 Å². The number of hydrogen-bond donors (Lipinski definition) is 1. The third-order valence-corrected chi connectivity index (χ3v) is 3.88. The molecule has 1 saturated carbocycles. The Morgan fingerprint density at radius 1 is 1.62 bits per heavy atom. The van der Waals surface area contributed by atoms with Crippen LogP contribution in [-0.4, -0.2) is 22.5 Å². The fraction of sp³-hybridized carbons (Fsp3) is 0.900. The van der Waals surface area contributed by atoms with E-state index in [2.05, 4.69) is 24.2 Å². The molecular formula is C10H18N2S. The largest absolute Gasteiger partial charge is 0.359 e. The van der Waals surface area contributed by atoms with Crippen LogP contribution in [0.5, 0.6) is 0 Å². The number of rotatable bonds is 3. The minimum Gasteiger partial charge on any atom is -0.359 e. The van der Waals surface area contributed by atoms with Crippen LogP contribution in [0.25, 0.3) is 0 Å². The summed E-state index contributed by atoms with van der Waals surface area (Å²) in [7, 11) is 0. The quantitative estimate of drug-likeness (QED) is 0.753. The van der Waals surface area contributed by atoms with Crippen LogP contribution in [-0.2, 0) is 0 Å². The van der Waals surface area contributed by atoms with Gasteiger partial charge in [0.05, 0.1) is 6.04 Å². The highest BCUT2D eigenvalue weighted by Crippen LogP contribution is 2.40. The Morgan fingerprint density at radius 2 is 2.38 bits per heavy atom. The molecular weight excluding hydrogens is 180 g/mol. The summed E-state index contributed by atoms with van der Waals surface area (Å²) in [6, 6.07) is 0.518. The minimum absolute atomic E-state index is 0.449. The molecule has 2 nitrogen and oxygen atoms in total. The van der Waals surface area contributed by atoms with Crippen molar-refractivity contribution in [1.29, 1.82) is 0 Å². The minimum atomic E-state index is 0.449. The number of nitrogens with one attached hydrogen (secondary N) is 1. The lowest BCUT2D eigenvalue weighted by atomic mass is 10.1. The molecule has 1 fully saturated rings. The van der Waals surface area contributed by atoms with E-state index in [1.54, 1.807) is 0 Å². The van der Waals surface area contributed by atoms with Crippen LogP contribution in [0.2, 0.25) is 0 Å². The van der Waals surface area contributed by atoms with Gasteiger partial charge in [0, 0.05) is 11.3 Å². The van der Waals surface area contributed by atoms with E-state index < -0.39 is 0 Å². The van der Waals surface area contributed by atoms with E-state index in [1.165, 1.54) is 30.9 Å². The Balaban J connectivity index is 1.87. The van der Waals surface area contributed by atoms with Gasteiger partial charge in [-0.1, -0.05) is 25.1 Å². The van der Waals surface area contributed by atoms with Gasteiger partial charge in [0.2, 0.25) is 0 Å². The summed E-state index contributed by atoms with van der Waals surface area (Å²) in [5.74, 6) is 1.16. The summed E-state index contributed by atoms with van der Waals surface area (Å²) in [6.45, 7) is 4.44. The molecule has 2 rings (SSSR count). The van der Waals surface area contributed by atoms with Gasteiger partial charge in [0.1, 0.15) is 0 Å². The van der Waals surface area contributed by atoms with Gasteiger partial charge in [0.15, 0.2) is 5.17 Å². The molecule has 74 valence electrons. The predicted molar refractivity (Wildman–Crippen MR) is 59.4 cm³/mol. The molecule has 1 unspecified atom stereocenters. The standard InChI is InChI=1S/C10H18N2S/c1-3-4-10(5-6-10)12-9-11-8(2)7-13-9/h8H,3-7H2,1-2H3,(H,11,12). The average Bonchev–Trinajstić information content (AvgIpc) is 2.70. The van der Waals surface area contributed by atoms with Crippen molar-refractivity contribution in [3.63, 3.8) is 0 Å². The molecule has 2 aliphatic rings. The van der Waals surface area contributed by atoms with E-state index in [0.29, 0.717) is 11.6 Å². The van der Waals surface area contributed by atoms with Crippen LogP contribution in [0.1, 0.15) is 39.5 Å². The first-order valence-electron chi connectivity index (χ1n) is 5.23. The number of nitrogens with zero attached hydrogens (tertiary/aromatic N) is 1. The van der Waals surface area contributed by atoms with Crippen molar-refractivity contribution in [3.8, 4) is 0 Å². The van der Waals surface area contributed by atoms with Crippen molar-refractivity contribution in [2.75, 3.05) is 5.75 Å². The highest BCUT2D eigenvalue weighted by atomic mass is 32.2. The van der Waals surface area contributed by atoms with Gasteiger partial charge >= 0.3 is 0 Å². The fourth-order valence-corrected chi connectivity index (χ4v) is 2.85. The van der Waals surface area contributed by atoms with Gasteiger partial charge in [-0.2, -0.15) is 0 Å². The van der Waals surface area contributed by atoms with Crippen LogP contribution in [0, 0.1) is 0 Å². The molecule has 3 heteroatoms. The summed E-state index contributed by atoms with van der Waals surface area (Å²) < 4.78 is 0. The van der Waals surface area contributed by atoms with Gasteiger partial charge in [-0.25, -0.2) is 0 Å². The summed E-state index contributed by atoms with van der Waals surface area (Å²) >= 11 is 1.88. The van der Waals surface area contributed by atoms with Gasteiger partial charge in [-0.3, -0.25) is 4.99 Å². The molecule has 0 amide bonds. The third-order valence-electron chi connectivity index (χ3n) is 2.75. The predicted octanol–water partition coefficient (Wildman–Crippen LogP) is 2.40. The number of aliphatic imine (C=N–C) groups is 1. The molecule has 0 spiro atoms. The first kappa shape index (κ1) is 9.38. The molecule has 0 bridgehead atoms. The van der Waals surface area contributed by atoms with Crippen LogP contribution in [0.15, 0.2) is 4.99 Å². The Morgan fingerprint density at radius 3 is 2.85 bits per heavy atom. The smallest absolute Gasteiger partial charge is 0.157 e. The Hall–Kier alpha value is -0.180. The zero-order valence-corrected chi connectivity index (χ0v) is 9.28. The second-order valence-electron chi connectivity index (χ2n) is 4.25. The van der Waals surface area contributed by atoms with Crippen molar-refractivity contribution < 1.29 is 0 Å². The molecule has 0 aromatic carbocycles. The molecule has 13 heavy (non-hydrogen) atoms. The van der Waals surface area contributed by atoms with Crippen molar-refractivity contribution in [3.05, 3.63) is 0 Å². The average molecular weight is 198 g/mol. The molecule has 0 radical (unpaired) electrons. The lowest BCUT2D eigenvalue weighted by molar-refractivity contribution is 0.543. The SMILES string of the molecule is CCCC1(NC2=NC(C)CS2)CC1. The van der Waals surface area contributed by atoms with Crippen LogP contribution >= 0.6 is 11.8 Å². The Labute approximate surface area is 84.6 Å². The van der Waals surface area contributed by atoms with Crippen molar-refractivity contribution in [2.24, 2.45) is 4.99 Å². The molecule has 0 aromatic rings. The molecule has 1 N–H and O–H groups in total. The lowest BCUT2D eigenvalue weighted by Gasteiger charge is -2.16. The second kappa shape index (κ2) is 3.52. The third kappa shape index (κ3) is 2.19. The maximum absolute atomic E-state index is 4.56. The summed E-state index contributed by atoms with van der Waals surface area (Å²) in [6.07, 6.45) is 5.27. The van der Waals surface area contributed by atoms with Crippen molar-refractivity contribution in [2.45, 2.75) is 51.1 Å². The van der Waals surface area contributed by atoms with Gasteiger partial charge in [0.25, 0.3) is 0 Å². The summed E-state index contributed by atoms with van der Waals surface area (Å²) in [5, 5.41) is 4.80. The molecule has 1 atom stereocenters. The zero-order chi connectivity index (χ0) is 9.31. The van der Waals surface area contributed by atoms with E-state index >= 15 is 0 Å². The zero-order valence-electron chi connectivity index (χ0n) is 8.47. The highest BCUT2D eigenvalue weighted by molar-refractivity contribution is 8.14. The van der Waals surface area contributed by atoms with Gasteiger partial charge in [-0.05, 0) is 26.2 Å². The number of thioether (sulfide) groups is 1. The van der Waals surface area contributed by atoms with E-state index in [9.17, 15) is 0 Å². The van der Waals surface area contributed by atoms with Gasteiger partial charge < -0.3 is 5.32 Å². The first-order valence-corrected chi connectivity index (χ1v) is 6.21. The molecule has 1 aliphatic heterocycles. The number of amidine groups is 1. The van der Waals surface area contributed by atoms with Crippen molar-refractivity contribution >= 4 is 16.9 Å². The van der Waals surface area contributed by atoms with Crippen LogP contribution < -0.4 is 5.32 Å². The molecule has 1 aliphatic carbocycles. The van der Waals surface area contributed by atoms with Crippen LogP contribution in [0.3, 0.4) is 0 Å². The van der Waals surface area contributed by atoms with E-state index in [1.807, 2.05) is 11.8 Å². The van der Waals surface area contributed by atoms with Crippen LogP contribution in [0.4, 0.5) is 0 Å². The molecule has 1 heterocycles. The fourth-order valence-electron chi connectivity index (χ4n) is 1.84. The first-order chi connectivity index (χ1) is 6.24. The normalized spacial score (nSPS) is 30.0. The molecule has 0 aromatic heterocycles. The highest BCUT2D eigenvalue weighted by Gasteiger charge is 2.42. The maximum atomic E-state index is 4.56. The molecule has 0 saturated heterocycles. The number of hydrogen-bond acceptors (Lipinski definition) is 3. The Kier molecular flexibility index (Phi) is 2.54. The Bertz CT molecular complexity index is 221. The summed E-state index contributed by atoms with van der Waals surface area (Å²) in [5.41, 5.74) is 0.449. The van der Waals surface area contributed by atoms with E-state index in [-0.39, 0.29) is 0 Å². The van der Waals surface area contributed by atoms with E-state index in [4.69, 9.17) is 0 Å². The lowest BCUT2D eigenvalue weighted by Crippen LogP contribution is -2.34. The summed E-state index contributed by atoms with van der Waals surface area (Å²) in [4.78, 5) is 4.56. The second-order valence-corrected chi connectivity index (χ2v) is 5.26. The monoisotopic (exact) mass is 198 g/mol.